The molecule has 0 amide bonds. The van der Waals surface area contributed by atoms with Crippen LogP contribution in [0.3, 0.4) is 0 Å². The molecule has 1 atom stereocenters. The maximum absolute atomic E-state index is 11.2. The molecule has 0 bridgehead atoms. The fraction of sp³-hybridized carbons (Fsp3) is 0.100. The molecule has 1 aliphatic rings. The zero-order valence-corrected chi connectivity index (χ0v) is 8.36. The first-order valence-electron chi connectivity index (χ1n) is 4.25. The van der Waals surface area contributed by atoms with Gasteiger partial charge in [-0.3, -0.25) is 0 Å². The van der Waals surface area contributed by atoms with E-state index >= 15 is 0 Å². The Labute approximate surface area is 91.1 Å². The average Bonchev–Trinajstić information content (AvgIpc) is 2.69. The number of carboxylic acid groups (broad SMARTS) is 1. The molecule has 0 aromatic heterocycles. The molecule has 0 saturated heterocycles. The third kappa shape index (κ3) is 1.58. The van der Waals surface area contributed by atoms with E-state index in [1.807, 2.05) is 0 Å². The Morgan fingerprint density at radius 1 is 1.40 bits per heavy atom. The third-order valence-corrected chi connectivity index (χ3v) is 2.49. The zero-order valence-electron chi connectivity index (χ0n) is 7.61. The maximum atomic E-state index is 11.2. The number of carboxylic acids is 1. The number of hydrogen-bond donors (Lipinski definition) is 2. The van der Waals surface area contributed by atoms with E-state index < -0.39 is 11.5 Å². The van der Waals surface area contributed by atoms with Crippen molar-refractivity contribution in [2.75, 3.05) is 0 Å². The molecule has 1 aliphatic heterocycles. The summed E-state index contributed by atoms with van der Waals surface area (Å²) in [5.74, 6) is -1.03. The standard InChI is InChI=1S/C10H8ClNO3/c11-8-3-1-7(2-4-8)10(9(13)14)5-6-15-12-10/h1-6,12H,(H,13,14). The Morgan fingerprint density at radius 3 is 2.53 bits per heavy atom. The smallest absolute Gasteiger partial charge is 0.336 e. The van der Waals surface area contributed by atoms with Gasteiger partial charge in [0.2, 0.25) is 0 Å². The lowest BCUT2D eigenvalue weighted by Gasteiger charge is -2.21. The highest BCUT2D eigenvalue weighted by atomic mass is 35.5. The summed E-state index contributed by atoms with van der Waals surface area (Å²) >= 11 is 5.73. The lowest BCUT2D eigenvalue weighted by molar-refractivity contribution is -0.146. The van der Waals surface area contributed by atoms with E-state index in [4.69, 9.17) is 21.5 Å². The molecule has 0 saturated carbocycles. The first-order valence-corrected chi connectivity index (χ1v) is 4.63. The second kappa shape index (κ2) is 3.56. The average molecular weight is 226 g/mol. The van der Waals surface area contributed by atoms with Crippen LogP contribution in [0.2, 0.25) is 5.02 Å². The van der Waals surface area contributed by atoms with Gasteiger partial charge in [0.05, 0.1) is 0 Å². The molecule has 78 valence electrons. The Kier molecular flexibility index (Phi) is 2.38. The Balaban J connectivity index is 2.46. The van der Waals surface area contributed by atoms with Crippen molar-refractivity contribution < 1.29 is 14.7 Å². The SMILES string of the molecule is O=C(O)C1(c2ccc(Cl)cc2)C=CON1. The minimum atomic E-state index is -1.31. The van der Waals surface area contributed by atoms with Gasteiger partial charge < -0.3 is 9.94 Å². The summed E-state index contributed by atoms with van der Waals surface area (Å²) in [5.41, 5.74) is 1.70. The number of benzene rings is 1. The first kappa shape index (κ1) is 10.0. The molecule has 1 unspecified atom stereocenters. The van der Waals surface area contributed by atoms with E-state index in [1.54, 1.807) is 24.3 Å². The summed E-state index contributed by atoms with van der Waals surface area (Å²) in [4.78, 5) is 15.9. The van der Waals surface area contributed by atoms with Crippen molar-refractivity contribution in [2.24, 2.45) is 0 Å². The Hall–Kier alpha value is -1.52. The third-order valence-electron chi connectivity index (χ3n) is 2.24. The molecule has 4 nitrogen and oxygen atoms in total. The lowest BCUT2D eigenvalue weighted by atomic mass is 9.91. The highest BCUT2D eigenvalue weighted by Crippen LogP contribution is 2.27. The molecular weight excluding hydrogens is 218 g/mol. The van der Waals surface area contributed by atoms with Crippen LogP contribution in [0.5, 0.6) is 0 Å². The summed E-state index contributed by atoms with van der Waals surface area (Å²) in [6, 6.07) is 6.55. The van der Waals surface area contributed by atoms with Gasteiger partial charge in [-0.25, -0.2) is 4.79 Å². The molecule has 1 heterocycles. The minimum Gasteiger partial charge on any atom is -0.479 e. The van der Waals surface area contributed by atoms with Crippen LogP contribution in [0.25, 0.3) is 0 Å². The second-order valence-electron chi connectivity index (χ2n) is 3.14. The monoisotopic (exact) mass is 225 g/mol. The number of halogens is 1. The lowest BCUT2D eigenvalue weighted by Crippen LogP contribution is -2.43. The minimum absolute atomic E-state index is 0.558. The van der Waals surface area contributed by atoms with Gasteiger partial charge in [0.15, 0.2) is 5.54 Å². The number of hydrogen-bond acceptors (Lipinski definition) is 3. The summed E-state index contributed by atoms with van der Waals surface area (Å²) in [6.45, 7) is 0. The van der Waals surface area contributed by atoms with Gasteiger partial charge in [-0.2, -0.15) is 0 Å². The van der Waals surface area contributed by atoms with Gasteiger partial charge in [-0.1, -0.05) is 23.7 Å². The van der Waals surface area contributed by atoms with Gasteiger partial charge in [0.1, 0.15) is 6.26 Å². The molecule has 1 aromatic rings. The molecule has 5 heteroatoms. The second-order valence-corrected chi connectivity index (χ2v) is 3.58. The van der Waals surface area contributed by atoms with Crippen molar-refractivity contribution in [2.45, 2.75) is 5.54 Å². The van der Waals surface area contributed by atoms with Crippen LogP contribution >= 0.6 is 11.6 Å². The largest absolute Gasteiger partial charge is 0.479 e. The first-order chi connectivity index (χ1) is 7.15. The molecule has 0 spiro atoms. The topological polar surface area (TPSA) is 58.6 Å². The van der Waals surface area contributed by atoms with Crippen LogP contribution in [0, 0.1) is 0 Å². The molecule has 0 radical (unpaired) electrons. The van der Waals surface area contributed by atoms with Crippen LogP contribution in [0.4, 0.5) is 0 Å². The highest BCUT2D eigenvalue weighted by molar-refractivity contribution is 6.30. The van der Waals surface area contributed by atoms with Crippen LogP contribution in [0.1, 0.15) is 5.56 Å². The maximum Gasteiger partial charge on any atom is 0.336 e. The number of rotatable bonds is 2. The predicted octanol–water partition coefficient (Wildman–Crippen LogP) is 1.67. The van der Waals surface area contributed by atoms with Gasteiger partial charge >= 0.3 is 5.97 Å². The van der Waals surface area contributed by atoms with Crippen molar-refractivity contribution in [3.63, 3.8) is 0 Å². The van der Waals surface area contributed by atoms with Crippen molar-refractivity contribution in [1.29, 1.82) is 0 Å². The quantitative estimate of drug-likeness (QED) is 0.804. The fourth-order valence-electron chi connectivity index (χ4n) is 1.40. The van der Waals surface area contributed by atoms with Gasteiger partial charge in [-0.05, 0) is 23.8 Å². The Bertz CT molecular complexity index is 415. The van der Waals surface area contributed by atoms with Crippen molar-refractivity contribution in [1.82, 2.24) is 5.48 Å². The highest BCUT2D eigenvalue weighted by Gasteiger charge is 2.41. The predicted molar refractivity (Wildman–Crippen MR) is 54.1 cm³/mol. The van der Waals surface area contributed by atoms with Crippen LogP contribution in [-0.4, -0.2) is 11.1 Å². The molecule has 0 aliphatic carbocycles. The summed E-state index contributed by atoms with van der Waals surface area (Å²) in [7, 11) is 0. The van der Waals surface area contributed by atoms with E-state index in [1.165, 1.54) is 12.3 Å². The van der Waals surface area contributed by atoms with Crippen molar-refractivity contribution >= 4 is 17.6 Å². The number of hydroxylamine groups is 1. The fourth-order valence-corrected chi connectivity index (χ4v) is 1.53. The van der Waals surface area contributed by atoms with E-state index in [0.29, 0.717) is 10.6 Å². The number of nitrogens with one attached hydrogen (secondary N) is 1. The van der Waals surface area contributed by atoms with Crippen LogP contribution in [0.15, 0.2) is 36.6 Å². The van der Waals surface area contributed by atoms with E-state index in [9.17, 15) is 4.79 Å². The number of aliphatic carboxylic acids is 1. The van der Waals surface area contributed by atoms with E-state index in [0.717, 1.165) is 0 Å². The van der Waals surface area contributed by atoms with Gasteiger partial charge in [0.25, 0.3) is 0 Å². The van der Waals surface area contributed by atoms with Crippen LogP contribution in [-0.2, 0) is 15.2 Å². The van der Waals surface area contributed by atoms with E-state index in [-0.39, 0.29) is 0 Å². The molecular formula is C10H8ClNO3. The van der Waals surface area contributed by atoms with Crippen LogP contribution < -0.4 is 5.48 Å². The van der Waals surface area contributed by atoms with Crippen molar-refractivity contribution in [3.8, 4) is 0 Å². The normalized spacial score (nSPS) is 23.8. The molecule has 1 aromatic carbocycles. The van der Waals surface area contributed by atoms with Gasteiger partial charge in [-0.15, -0.1) is 5.48 Å². The molecule has 2 rings (SSSR count). The molecule has 15 heavy (non-hydrogen) atoms. The zero-order chi connectivity index (χ0) is 10.9. The van der Waals surface area contributed by atoms with Crippen molar-refractivity contribution in [3.05, 3.63) is 47.2 Å². The molecule has 2 N–H and O–H groups in total. The van der Waals surface area contributed by atoms with Gasteiger partial charge in [0, 0.05) is 5.02 Å². The summed E-state index contributed by atoms with van der Waals surface area (Å²) in [5, 5.41) is 9.72. The summed E-state index contributed by atoms with van der Waals surface area (Å²) < 4.78 is 0. The molecule has 0 fully saturated rings. The summed E-state index contributed by atoms with van der Waals surface area (Å²) in [6.07, 6.45) is 2.75. The number of carbonyl (C=O) groups is 1. The Morgan fingerprint density at radius 2 is 2.07 bits per heavy atom. The van der Waals surface area contributed by atoms with E-state index in [2.05, 4.69) is 5.48 Å².